The van der Waals surface area contributed by atoms with E-state index in [0.29, 0.717) is 6.10 Å². The summed E-state index contributed by atoms with van der Waals surface area (Å²) in [5.74, 6) is 0.890. The summed E-state index contributed by atoms with van der Waals surface area (Å²) in [5, 5.41) is 4.59. The van der Waals surface area contributed by atoms with Gasteiger partial charge in [-0.05, 0) is 37.5 Å². The van der Waals surface area contributed by atoms with Gasteiger partial charge in [0.1, 0.15) is 5.75 Å². The first-order valence-electron chi connectivity index (χ1n) is 9.28. The molecule has 0 bridgehead atoms. The summed E-state index contributed by atoms with van der Waals surface area (Å²) in [5.41, 5.74) is 3.62. The molecule has 0 radical (unpaired) electrons. The molecule has 0 amide bonds. The van der Waals surface area contributed by atoms with Crippen molar-refractivity contribution in [3.63, 3.8) is 0 Å². The van der Waals surface area contributed by atoms with Gasteiger partial charge in [0.25, 0.3) is 0 Å². The minimum absolute atomic E-state index is 0.330. The Kier molecular flexibility index (Phi) is 6.47. The first kappa shape index (κ1) is 18.7. The zero-order valence-corrected chi connectivity index (χ0v) is 15.9. The highest BCUT2D eigenvalue weighted by atomic mass is 16.5. The van der Waals surface area contributed by atoms with Gasteiger partial charge in [-0.2, -0.15) is 5.10 Å². The van der Waals surface area contributed by atoms with Gasteiger partial charge < -0.3 is 9.47 Å². The van der Waals surface area contributed by atoms with E-state index in [-0.39, 0.29) is 0 Å². The average molecular weight is 355 g/mol. The number of nitrogens with zero attached hydrogens (tertiary/aromatic N) is 3. The number of rotatable bonds is 9. The summed E-state index contributed by atoms with van der Waals surface area (Å²) in [4.78, 5) is 2.46. The molecule has 1 atom stereocenters. The molecule has 2 heterocycles. The summed E-state index contributed by atoms with van der Waals surface area (Å²) >= 11 is 0. The van der Waals surface area contributed by atoms with Crippen LogP contribution in [-0.2, 0) is 24.4 Å². The van der Waals surface area contributed by atoms with Crippen molar-refractivity contribution in [1.82, 2.24) is 14.7 Å². The Balaban J connectivity index is 1.72. The molecular weight excluding hydrogens is 326 g/mol. The summed E-state index contributed by atoms with van der Waals surface area (Å²) in [6, 6.07) is 8.31. The van der Waals surface area contributed by atoms with E-state index in [1.54, 1.807) is 7.11 Å². The molecule has 1 aromatic heterocycles. The third-order valence-electron chi connectivity index (χ3n) is 4.81. The molecule has 140 valence electrons. The van der Waals surface area contributed by atoms with Gasteiger partial charge in [-0.1, -0.05) is 18.2 Å². The number of benzene rings is 1. The molecule has 5 nitrogen and oxygen atoms in total. The second-order valence-electron chi connectivity index (χ2n) is 6.90. The number of allylic oxidation sites excluding steroid dienone is 1. The van der Waals surface area contributed by atoms with Crippen LogP contribution in [0, 0.1) is 6.92 Å². The average Bonchev–Trinajstić information content (AvgIpc) is 3.26. The first-order valence-corrected chi connectivity index (χ1v) is 9.28. The predicted molar refractivity (Wildman–Crippen MR) is 103 cm³/mol. The van der Waals surface area contributed by atoms with Gasteiger partial charge >= 0.3 is 0 Å². The van der Waals surface area contributed by atoms with Gasteiger partial charge in [0.15, 0.2) is 0 Å². The van der Waals surface area contributed by atoms with E-state index < -0.39 is 0 Å². The van der Waals surface area contributed by atoms with Crippen LogP contribution < -0.4 is 4.74 Å². The van der Waals surface area contributed by atoms with Gasteiger partial charge in [-0.3, -0.25) is 9.58 Å². The molecule has 0 saturated carbocycles. The van der Waals surface area contributed by atoms with Crippen molar-refractivity contribution in [2.24, 2.45) is 0 Å². The third kappa shape index (κ3) is 4.96. The summed E-state index contributed by atoms with van der Waals surface area (Å²) in [6.07, 6.45) is 6.65. The summed E-state index contributed by atoms with van der Waals surface area (Å²) < 4.78 is 13.1. The van der Waals surface area contributed by atoms with E-state index in [4.69, 9.17) is 9.47 Å². The molecule has 1 aromatic carbocycles. The van der Waals surface area contributed by atoms with Gasteiger partial charge in [0.2, 0.25) is 0 Å². The fourth-order valence-corrected chi connectivity index (χ4v) is 3.43. The maximum atomic E-state index is 5.87. The highest BCUT2D eigenvalue weighted by Crippen LogP contribution is 2.19. The second kappa shape index (κ2) is 9.01. The zero-order valence-electron chi connectivity index (χ0n) is 15.9. The molecule has 1 saturated heterocycles. The van der Waals surface area contributed by atoms with Crippen LogP contribution in [0.2, 0.25) is 0 Å². The lowest BCUT2D eigenvalue weighted by Crippen LogP contribution is -2.31. The Labute approximate surface area is 156 Å². The van der Waals surface area contributed by atoms with Gasteiger partial charge in [-0.15, -0.1) is 6.58 Å². The van der Waals surface area contributed by atoms with Crippen LogP contribution >= 0.6 is 0 Å². The van der Waals surface area contributed by atoms with Crippen LogP contribution in [0.4, 0.5) is 0 Å². The number of hydrogen-bond donors (Lipinski definition) is 0. The molecule has 0 spiro atoms. The third-order valence-corrected chi connectivity index (χ3v) is 4.81. The van der Waals surface area contributed by atoms with Crippen molar-refractivity contribution in [1.29, 1.82) is 0 Å². The van der Waals surface area contributed by atoms with Crippen molar-refractivity contribution in [3.8, 4) is 5.75 Å². The van der Waals surface area contributed by atoms with Crippen LogP contribution in [0.1, 0.15) is 29.7 Å². The number of aryl methyl sites for hydroxylation is 1. The molecule has 1 aliphatic rings. The smallest absolute Gasteiger partial charge is 0.118 e. The summed E-state index contributed by atoms with van der Waals surface area (Å²) in [7, 11) is 1.70. The van der Waals surface area contributed by atoms with Crippen LogP contribution in [0.15, 0.2) is 43.1 Å². The highest BCUT2D eigenvalue weighted by Gasteiger charge is 2.20. The molecule has 1 fully saturated rings. The lowest BCUT2D eigenvalue weighted by molar-refractivity contribution is 0.0678. The summed E-state index contributed by atoms with van der Waals surface area (Å²) in [6.45, 7) is 10.2. The Morgan fingerprint density at radius 3 is 2.81 bits per heavy atom. The molecule has 2 aromatic rings. The SMILES string of the molecule is C=CCn1cc(CN(Cc2ccc(OC)cc2)CC2CCCO2)c(C)n1. The van der Waals surface area contributed by atoms with Crippen LogP contribution in [0.3, 0.4) is 0 Å². The van der Waals surface area contributed by atoms with E-state index in [1.807, 2.05) is 22.9 Å². The topological polar surface area (TPSA) is 39.5 Å². The molecule has 0 aliphatic carbocycles. The quantitative estimate of drug-likeness (QED) is 0.645. The molecular formula is C21H29N3O2. The zero-order chi connectivity index (χ0) is 18.4. The number of hydrogen-bond acceptors (Lipinski definition) is 4. The van der Waals surface area contributed by atoms with Crippen molar-refractivity contribution in [2.75, 3.05) is 20.3 Å². The van der Waals surface area contributed by atoms with Crippen LogP contribution in [0.5, 0.6) is 5.75 Å². The Morgan fingerprint density at radius 1 is 1.35 bits per heavy atom. The van der Waals surface area contributed by atoms with Crippen LogP contribution in [0.25, 0.3) is 0 Å². The Morgan fingerprint density at radius 2 is 2.15 bits per heavy atom. The monoisotopic (exact) mass is 355 g/mol. The van der Waals surface area contributed by atoms with Crippen molar-refractivity contribution in [3.05, 3.63) is 59.9 Å². The van der Waals surface area contributed by atoms with E-state index in [9.17, 15) is 0 Å². The lowest BCUT2D eigenvalue weighted by atomic mass is 10.1. The van der Waals surface area contributed by atoms with Gasteiger partial charge in [0, 0.05) is 38.0 Å². The van der Waals surface area contributed by atoms with E-state index >= 15 is 0 Å². The Bertz CT molecular complexity index is 703. The Hall–Kier alpha value is -2.11. The minimum atomic E-state index is 0.330. The van der Waals surface area contributed by atoms with Crippen LogP contribution in [-0.4, -0.2) is 41.0 Å². The molecule has 3 rings (SSSR count). The van der Waals surface area contributed by atoms with Gasteiger partial charge in [-0.25, -0.2) is 0 Å². The minimum Gasteiger partial charge on any atom is -0.497 e. The van der Waals surface area contributed by atoms with E-state index in [2.05, 4.69) is 41.8 Å². The standard InChI is InChI=1S/C21H29N3O2/c1-4-11-24-15-19(17(2)22-24)14-23(16-21-6-5-12-26-21)13-18-7-9-20(25-3)10-8-18/h4,7-10,15,21H,1,5-6,11-14,16H2,2-3H3. The first-order chi connectivity index (χ1) is 12.7. The number of methoxy groups -OCH3 is 1. The lowest BCUT2D eigenvalue weighted by Gasteiger charge is -2.25. The maximum Gasteiger partial charge on any atom is 0.118 e. The largest absolute Gasteiger partial charge is 0.497 e. The van der Waals surface area contributed by atoms with Gasteiger partial charge in [0.05, 0.1) is 25.5 Å². The van der Waals surface area contributed by atoms with E-state index in [1.165, 1.54) is 11.1 Å². The predicted octanol–water partition coefficient (Wildman–Crippen LogP) is 3.57. The highest BCUT2D eigenvalue weighted by molar-refractivity contribution is 5.27. The molecule has 5 heteroatoms. The maximum absolute atomic E-state index is 5.87. The molecule has 0 N–H and O–H groups in total. The molecule has 1 aliphatic heterocycles. The fourth-order valence-electron chi connectivity index (χ4n) is 3.43. The van der Waals surface area contributed by atoms with Crippen molar-refractivity contribution >= 4 is 0 Å². The van der Waals surface area contributed by atoms with Crippen molar-refractivity contribution < 1.29 is 9.47 Å². The molecule has 26 heavy (non-hydrogen) atoms. The normalized spacial score (nSPS) is 17.0. The van der Waals surface area contributed by atoms with Crippen molar-refractivity contribution in [2.45, 2.75) is 45.5 Å². The number of ether oxygens (including phenoxy) is 2. The number of aromatic nitrogens is 2. The van der Waals surface area contributed by atoms with E-state index in [0.717, 1.165) is 57.1 Å². The fraction of sp³-hybridized carbons (Fsp3) is 0.476. The molecule has 1 unspecified atom stereocenters. The second-order valence-corrected chi connectivity index (χ2v) is 6.90.